The molecule has 8 nitrogen and oxygen atoms in total. The number of aromatic hydroxyl groups is 1. The molecule has 0 saturated carbocycles. The van der Waals surface area contributed by atoms with Crippen molar-refractivity contribution in [3.63, 3.8) is 0 Å². The van der Waals surface area contributed by atoms with Crippen molar-refractivity contribution in [3.05, 3.63) is 21.3 Å². The van der Waals surface area contributed by atoms with Crippen molar-refractivity contribution in [3.8, 4) is 11.5 Å². The average Bonchev–Trinajstić information content (AvgIpc) is 2.52. The molecule has 0 radical (unpaired) electrons. The molecule has 0 heterocycles. The van der Waals surface area contributed by atoms with Crippen molar-refractivity contribution >= 4 is 40.6 Å². The first-order chi connectivity index (χ1) is 11.0. The normalized spacial score (nSPS) is 10.6. The van der Waals surface area contributed by atoms with E-state index in [2.05, 4.69) is 15.8 Å². The van der Waals surface area contributed by atoms with Gasteiger partial charge in [-0.3, -0.25) is 9.59 Å². The number of nitrogens with zero attached hydrogens (tertiary/aromatic N) is 1. The number of hydrazone groups is 1. The zero-order valence-electron chi connectivity index (χ0n) is 12.8. The first kappa shape index (κ1) is 19.2. The van der Waals surface area contributed by atoms with Crippen LogP contribution >= 0.6 is 22.6 Å². The molecule has 9 heteroatoms. The van der Waals surface area contributed by atoms with Gasteiger partial charge >= 0.3 is 11.8 Å². The van der Waals surface area contributed by atoms with Crippen LogP contribution in [0.3, 0.4) is 0 Å². The molecule has 0 aliphatic rings. The van der Waals surface area contributed by atoms with Gasteiger partial charge in [-0.1, -0.05) is 0 Å². The molecule has 1 rings (SSSR count). The number of hydrogen-bond acceptors (Lipinski definition) is 6. The third kappa shape index (κ3) is 6.40. The van der Waals surface area contributed by atoms with E-state index in [-0.39, 0.29) is 12.3 Å². The summed E-state index contributed by atoms with van der Waals surface area (Å²) in [5.74, 6) is -1.30. The second-order valence-electron chi connectivity index (χ2n) is 4.23. The van der Waals surface area contributed by atoms with Gasteiger partial charge in [-0.2, -0.15) is 5.10 Å². The Morgan fingerprint density at radius 2 is 2.13 bits per heavy atom. The largest absolute Gasteiger partial charge is 0.504 e. The minimum atomic E-state index is -0.879. The fourth-order valence-corrected chi connectivity index (χ4v) is 2.12. The zero-order chi connectivity index (χ0) is 17.2. The van der Waals surface area contributed by atoms with E-state index in [0.29, 0.717) is 28.1 Å². The van der Waals surface area contributed by atoms with Gasteiger partial charge in [0.15, 0.2) is 11.5 Å². The molecule has 0 fully saturated rings. The van der Waals surface area contributed by atoms with Gasteiger partial charge < -0.3 is 19.9 Å². The summed E-state index contributed by atoms with van der Waals surface area (Å²) in [7, 11) is 1.49. The summed E-state index contributed by atoms with van der Waals surface area (Å²) in [6.07, 6.45) is 1.35. The van der Waals surface area contributed by atoms with Crippen LogP contribution < -0.4 is 15.5 Å². The number of phenols is 1. The van der Waals surface area contributed by atoms with Gasteiger partial charge in [0.2, 0.25) is 0 Å². The molecule has 0 aliphatic carbocycles. The number of carbonyl (C=O) groups is 2. The van der Waals surface area contributed by atoms with Gasteiger partial charge in [-0.05, 0) is 47.2 Å². The van der Waals surface area contributed by atoms with E-state index in [1.165, 1.54) is 13.3 Å². The summed E-state index contributed by atoms with van der Waals surface area (Å²) < 4.78 is 10.6. The first-order valence-corrected chi connectivity index (χ1v) is 7.83. The van der Waals surface area contributed by atoms with E-state index >= 15 is 0 Å². The number of nitrogens with one attached hydrogen (secondary N) is 2. The predicted octanol–water partition coefficient (Wildman–Crippen LogP) is 0.608. The van der Waals surface area contributed by atoms with Crippen LogP contribution in [0.2, 0.25) is 0 Å². The Kier molecular flexibility index (Phi) is 8.33. The van der Waals surface area contributed by atoms with Crippen LogP contribution in [0, 0.1) is 3.57 Å². The van der Waals surface area contributed by atoms with Gasteiger partial charge in [0, 0.05) is 13.7 Å². The van der Waals surface area contributed by atoms with E-state index < -0.39 is 11.8 Å². The molecule has 1 aromatic rings. The van der Waals surface area contributed by atoms with E-state index in [1.54, 1.807) is 19.1 Å². The van der Waals surface area contributed by atoms with Crippen LogP contribution in [-0.2, 0) is 14.3 Å². The van der Waals surface area contributed by atoms with Gasteiger partial charge in [0.05, 0.1) is 23.0 Å². The summed E-state index contributed by atoms with van der Waals surface area (Å²) in [5.41, 5.74) is 2.72. The van der Waals surface area contributed by atoms with E-state index in [4.69, 9.17) is 9.47 Å². The smallest absolute Gasteiger partial charge is 0.329 e. The summed E-state index contributed by atoms with van der Waals surface area (Å²) in [5, 5.41) is 15.9. The van der Waals surface area contributed by atoms with E-state index in [0.717, 1.165) is 0 Å². The quantitative estimate of drug-likeness (QED) is 0.191. The number of amides is 2. The number of halogens is 1. The molecule has 0 unspecified atom stereocenters. The minimum Gasteiger partial charge on any atom is -0.504 e. The second-order valence-corrected chi connectivity index (χ2v) is 5.39. The van der Waals surface area contributed by atoms with Gasteiger partial charge in [0.1, 0.15) is 0 Å². The fraction of sp³-hybridized carbons (Fsp3) is 0.357. The minimum absolute atomic E-state index is 0.0474. The Hall–Kier alpha value is -1.88. The van der Waals surface area contributed by atoms with Gasteiger partial charge in [0.25, 0.3) is 0 Å². The lowest BCUT2D eigenvalue weighted by molar-refractivity contribution is -0.139. The summed E-state index contributed by atoms with van der Waals surface area (Å²) in [4.78, 5) is 22.9. The highest BCUT2D eigenvalue weighted by Gasteiger charge is 2.11. The van der Waals surface area contributed by atoms with Crippen LogP contribution in [-0.4, -0.2) is 50.0 Å². The average molecular weight is 435 g/mol. The highest BCUT2D eigenvalue weighted by atomic mass is 127. The second kappa shape index (κ2) is 10.0. The molecule has 0 atom stereocenters. The Morgan fingerprint density at radius 1 is 1.39 bits per heavy atom. The van der Waals surface area contributed by atoms with E-state index in [1.807, 2.05) is 22.6 Å². The highest BCUT2D eigenvalue weighted by molar-refractivity contribution is 14.1. The zero-order valence-corrected chi connectivity index (χ0v) is 14.9. The Labute approximate surface area is 147 Å². The topological polar surface area (TPSA) is 109 Å². The highest BCUT2D eigenvalue weighted by Crippen LogP contribution is 2.32. The molecule has 0 spiro atoms. The lowest BCUT2D eigenvalue weighted by Crippen LogP contribution is -2.39. The van der Waals surface area contributed by atoms with Crippen LogP contribution in [0.15, 0.2) is 17.2 Å². The Morgan fingerprint density at radius 3 is 2.78 bits per heavy atom. The van der Waals surface area contributed by atoms with Crippen LogP contribution in [0.5, 0.6) is 11.5 Å². The van der Waals surface area contributed by atoms with Crippen LogP contribution in [0.1, 0.15) is 12.5 Å². The molecule has 126 valence electrons. The Balaban J connectivity index is 2.64. The van der Waals surface area contributed by atoms with E-state index in [9.17, 15) is 14.7 Å². The number of benzene rings is 1. The third-order valence-electron chi connectivity index (χ3n) is 2.53. The van der Waals surface area contributed by atoms with Crippen LogP contribution in [0.4, 0.5) is 0 Å². The third-order valence-corrected chi connectivity index (χ3v) is 3.35. The maximum Gasteiger partial charge on any atom is 0.329 e. The molecule has 2 amide bonds. The molecule has 0 aromatic heterocycles. The molecule has 1 aromatic carbocycles. The van der Waals surface area contributed by atoms with Gasteiger partial charge in [-0.25, -0.2) is 5.43 Å². The number of rotatable bonds is 7. The monoisotopic (exact) mass is 435 g/mol. The lowest BCUT2D eigenvalue weighted by atomic mass is 10.2. The molecule has 23 heavy (non-hydrogen) atoms. The molecule has 3 N–H and O–H groups in total. The van der Waals surface area contributed by atoms with Crippen molar-refractivity contribution in [1.29, 1.82) is 0 Å². The van der Waals surface area contributed by atoms with Crippen molar-refractivity contribution in [1.82, 2.24) is 10.7 Å². The summed E-state index contributed by atoms with van der Waals surface area (Å²) >= 11 is 1.95. The molecule has 0 bridgehead atoms. The number of ether oxygens (including phenoxy) is 2. The predicted molar refractivity (Wildman–Crippen MR) is 92.6 cm³/mol. The first-order valence-electron chi connectivity index (χ1n) is 6.75. The maximum atomic E-state index is 11.5. The summed E-state index contributed by atoms with van der Waals surface area (Å²) in [6.45, 7) is 2.76. The Bertz CT molecular complexity index is 592. The van der Waals surface area contributed by atoms with Crippen molar-refractivity contribution in [2.24, 2.45) is 5.10 Å². The van der Waals surface area contributed by atoms with Gasteiger partial charge in [-0.15, -0.1) is 0 Å². The van der Waals surface area contributed by atoms with Crippen molar-refractivity contribution < 1.29 is 24.2 Å². The number of hydrogen-bond donors (Lipinski definition) is 3. The lowest BCUT2D eigenvalue weighted by Gasteiger charge is -2.08. The SMILES string of the molecule is CCOc1cc(/C=N\NC(=O)C(=O)NCCOC)cc(I)c1O. The molecule has 0 saturated heterocycles. The molecule has 0 aliphatic heterocycles. The number of methoxy groups -OCH3 is 1. The molecular formula is C14H18IN3O5. The van der Waals surface area contributed by atoms with Crippen molar-refractivity contribution in [2.75, 3.05) is 26.9 Å². The maximum absolute atomic E-state index is 11.5. The molecular weight excluding hydrogens is 417 g/mol. The number of carbonyl (C=O) groups excluding carboxylic acids is 2. The standard InChI is InChI=1S/C14H18IN3O5/c1-3-23-11-7-9(6-10(15)12(11)19)8-17-18-14(21)13(20)16-4-5-22-2/h6-8,19H,3-5H2,1-2H3,(H,16,20)(H,18,21)/b17-8-. The fourth-order valence-electron chi connectivity index (χ4n) is 1.50. The van der Waals surface area contributed by atoms with Crippen molar-refractivity contribution in [2.45, 2.75) is 6.92 Å². The van der Waals surface area contributed by atoms with Crippen LogP contribution in [0.25, 0.3) is 0 Å². The summed E-state index contributed by atoms with van der Waals surface area (Å²) in [6, 6.07) is 3.24. The number of phenolic OH excluding ortho intramolecular Hbond substituents is 1.